The van der Waals surface area contributed by atoms with Gasteiger partial charge in [0.1, 0.15) is 0 Å². The van der Waals surface area contributed by atoms with Crippen molar-refractivity contribution in [2.75, 3.05) is 19.6 Å². The molecule has 1 heterocycles. The van der Waals surface area contributed by atoms with Crippen LogP contribution < -0.4 is 5.32 Å². The van der Waals surface area contributed by atoms with Gasteiger partial charge in [0.2, 0.25) is 0 Å². The van der Waals surface area contributed by atoms with E-state index in [1.165, 1.54) is 12.0 Å². The van der Waals surface area contributed by atoms with E-state index in [4.69, 9.17) is 11.6 Å². The van der Waals surface area contributed by atoms with Crippen LogP contribution in [0.4, 0.5) is 0 Å². The second kappa shape index (κ2) is 6.21. The number of halogens is 1. The summed E-state index contributed by atoms with van der Waals surface area (Å²) in [6, 6.07) is 0.625. The molecule has 0 spiro atoms. The van der Waals surface area contributed by atoms with Gasteiger partial charge >= 0.3 is 0 Å². The van der Waals surface area contributed by atoms with Gasteiger partial charge in [-0.3, -0.25) is 4.90 Å². The van der Waals surface area contributed by atoms with Crippen molar-refractivity contribution in [3.8, 4) is 0 Å². The fraction of sp³-hybridized carbons (Fsp3) is 0.857. The van der Waals surface area contributed by atoms with E-state index in [1.54, 1.807) is 5.54 Å². The van der Waals surface area contributed by atoms with Gasteiger partial charge in [-0.2, -0.15) is 0 Å². The van der Waals surface area contributed by atoms with Crippen LogP contribution in [0.25, 0.3) is 0 Å². The molecule has 0 bridgehead atoms. The Morgan fingerprint density at radius 2 is 2.24 bits per heavy atom. The Balaban J connectivity index is 2.75. The van der Waals surface area contributed by atoms with Crippen molar-refractivity contribution in [2.24, 2.45) is 5.92 Å². The van der Waals surface area contributed by atoms with E-state index in [0.29, 0.717) is 6.04 Å². The molecule has 17 heavy (non-hydrogen) atoms. The van der Waals surface area contributed by atoms with Crippen molar-refractivity contribution < 1.29 is 0 Å². The molecule has 1 aliphatic rings. The summed E-state index contributed by atoms with van der Waals surface area (Å²) >= 11 is 5.80. The van der Waals surface area contributed by atoms with E-state index >= 15 is 0 Å². The Hall–Kier alpha value is -0.0500. The summed E-state index contributed by atoms with van der Waals surface area (Å²) < 4.78 is 0. The number of piperazine rings is 1. The van der Waals surface area contributed by atoms with E-state index in [0.717, 1.165) is 25.6 Å². The molecular weight excluding hydrogens is 232 g/mol. The molecule has 0 saturated carbocycles. The quantitative estimate of drug-likeness (QED) is 0.833. The highest BCUT2D eigenvalue weighted by Gasteiger charge is 2.34. The lowest BCUT2D eigenvalue weighted by Crippen LogP contribution is -2.63. The van der Waals surface area contributed by atoms with E-state index in [9.17, 15) is 0 Å². The van der Waals surface area contributed by atoms with Crippen LogP contribution in [0.5, 0.6) is 0 Å². The SMILES string of the molecule is CCC(C)C1CNC(C)(C)CN1CC(C)=CCl. The van der Waals surface area contributed by atoms with Crippen LogP contribution in [-0.4, -0.2) is 36.1 Å². The van der Waals surface area contributed by atoms with Gasteiger partial charge in [-0.25, -0.2) is 0 Å². The van der Waals surface area contributed by atoms with Crippen LogP contribution in [0.1, 0.15) is 41.0 Å². The van der Waals surface area contributed by atoms with Crippen molar-refractivity contribution in [3.63, 3.8) is 0 Å². The minimum Gasteiger partial charge on any atom is -0.309 e. The Labute approximate surface area is 111 Å². The van der Waals surface area contributed by atoms with E-state index in [-0.39, 0.29) is 5.54 Å². The monoisotopic (exact) mass is 258 g/mol. The fourth-order valence-corrected chi connectivity index (χ4v) is 2.62. The first-order valence-electron chi connectivity index (χ1n) is 6.64. The maximum absolute atomic E-state index is 5.80. The third kappa shape index (κ3) is 4.27. The van der Waals surface area contributed by atoms with Crippen LogP contribution in [0.3, 0.4) is 0 Å². The van der Waals surface area contributed by atoms with Crippen molar-refractivity contribution in [1.29, 1.82) is 0 Å². The summed E-state index contributed by atoms with van der Waals surface area (Å²) in [7, 11) is 0. The van der Waals surface area contributed by atoms with Crippen molar-refractivity contribution in [1.82, 2.24) is 10.2 Å². The molecule has 1 saturated heterocycles. The summed E-state index contributed by atoms with van der Waals surface area (Å²) in [4.78, 5) is 2.58. The normalized spacial score (nSPS) is 28.1. The van der Waals surface area contributed by atoms with Crippen molar-refractivity contribution in [3.05, 3.63) is 11.1 Å². The number of hydrogen-bond donors (Lipinski definition) is 1. The van der Waals surface area contributed by atoms with E-state index < -0.39 is 0 Å². The lowest BCUT2D eigenvalue weighted by Gasteiger charge is -2.47. The number of nitrogens with zero attached hydrogens (tertiary/aromatic N) is 1. The second-order valence-corrected chi connectivity index (χ2v) is 6.30. The molecule has 0 aromatic carbocycles. The first kappa shape index (κ1) is 15.0. The maximum Gasteiger partial charge on any atom is 0.0253 e. The van der Waals surface area contributed by atoms with Crippen molar-refractivity contribution >= 4 is 11.6 Å². The molecule has 1 N–H and O–H groups in total. The first-order valence-corrected chi connectivity index (χ1v) is 7.08. The third-order valence-electron chi connectivity index (χ3n) is 3.80. The fourth-order valence-electron chi connectivity index (χ4n) is 2.55. The number of hydrogen-bond acceptors (Lipinski definition) is 2. The van der Waals surface area contributed by atoms with Crippen LogP contribution in [0, 0.1) is 5.92 Å². The van der Waals surface area contributed by atoms with Crippen LogP contribution in [0.2, 0.25) is 0 Å². The standard InChI is InChI=1S/C14H27ClN2/c1-6-12(3)13-8-16-14(4,5)10-17(13)9-11(2)7-15/h7,12-13,16H,6,8-10H2,1-5H3. The Morgan fingerprint density at radius 1 is 1.59 bits per heavy atom. The third-order valence-corrected chi connectivity index (χ3v) is 4.17. The molecule has 0 aromatic heterocycles. The molecule has 1 fully saturated rings. The summed E-state index contributed by atoms with van der Waals surface area (Å²) in [5.41, 5.74) is 3.16. The molecule has 2 atom stereocenters. The van der Waals surface area contributed by atoms with Gasteiger partial charge in [0.15, 0.2) is 0 Å². The summed E-state index contributed by atoms with van der Waals surface area (Å²) in [5, 5.41) is 3.65. The van der Waals surface area contributed by atoms with Gasteiger partial charge in [-0.1, -0.05) is 31.9 Å². The van der Waals surface area contributed by atoms with Gasteiger partial charge < -0.3 is 5.32 Å². The van der Waals surface area contributed by atoms with Gasteiger partial charge in [0, 0.05) is 36.8 Å². The molecule has 0 aliphatic carbocycles. The molecule has 2 nitrogen and oxygen atoms in total. The maximum atomic E-state index is 5.80. The minimum absolute atomic E-state index is 0.205. The zero-order valence-corrected chi connectivity index (χ0v) is 12.6. The van der Waals surface area contributed by atoms with E-state index in [1.807, 2.05) is 0 Å². The topological polar surface area (TPSA) is 15.3 Å². The predicted molar refractivity (Wildman–Crippen MR) is 76.5 cm³/mol. The molecule has 3 heteroatoms. The molecule has 0 aromatic rings. The first-order chi connectivity index (χ1) is 7.89. The van der Waals surface area contributed by atoms with E-state index in [2.05, 4.69) is 44.8 Å². The molecule has 2 unspecified atom stereocenters. The molecule has 0 amide bonds. The summed E-state index contributed by atoms with van der Waals surface area (Å²) in [5.74, 6) is 0.724. The van der Waals surface area contributed by atoms with Crippen LogP contribution >= 0.6 is 11.6 Å². The molecule has 1 rings (SSSR count). The highest BCUT2D eigenvalue weighted by Crippen LogP contribution is 2.23. The Morgan fingerprint density at radius 3 is 2.76 bits per heavy atom. The molecule has 100 valence electrons. The lowest BCUT2D eigenvalue weighted by molar-refractivity contribution is 0.0722. The predicted octanol–water partition coefficient (Wildman–Crippen LogP) is 3.23. The van der Waals surface area contributed by atoms with Gasteiger partial charge in [-0.05, 0) is 32.3 Å². The summed E-state index contributed by atoms with van der Waals surface area (Å²) in [6.45, 7) is 14.4. The van der Waals surface area contributed by atoms with Gasteiger partial charge in [0.05, 0.1) is 0 Å². The average Bonchev–Trinajstić information content (AvgIpc) is 2.27. The number of rotatable bonds is 4. The highest BCUT2D eigenvalue weighted by atomic mass is 35.5. The largest absolute Gasteiger partial charge is 0.309 e. The Kier molecular flexibility index (Phi) is 5.49. The lowest BCUT2D eigenvalue weighted by atomic mass is 9.90. The van der Waals surface area contributed by atoms with Crippen LogP contribution in [0.15, 0.2) is 11.1 Å². The minimum atomic E-state index is 0.205. The molecule has 0 radical (unpaired) electrons. The second-order valence-electron chi connectivity index (χ2n) is 6.08. The zero-order chi connectivity index (χ0) is 13.1. The number of nitrogens with one attached hydrogen (secondary N) is 1. The van der Waals surface area contributed by atoms with Crippen LogP contribution in [-0.2, 0) is 0 Å². The summed E-state index contributed by atoms with van der Waals surface area (Å²) in [6.07, 6.45) is 1.23. The zero-order valence-electron chi connectivity index (χ0n) is 11.9. The smallest absolute Gasteiger partial charge is 0.0253 e. The molecular formula is C14H27ClN2. The van der Waals surface area contributed by atoms with Gasteiger partial charge in [0.25, 0.3) is 0 Å². The Bertz CT molecular complexity index is 273. The van der Waals surface area contributed by atoms with Crippen molar-refractivity contribution in [2.45, 2.75) is 52.6 Å². The average molecular weight is 259 g/mol. The highest BCUT2D eigenvalue weighted by molar-refractivity contribution is 6.25. The van der Waals surface area contributed by atoms with Gasteiger partial charge in [-0.15, -0.1) is 0 Å². The molecule has 1 aliphatic heterocycles.